The summed E-state index contributed by atoms with van der Waals surface area (Å²) >= 11 is 5.87. The van der Waals surface area contributed by atoms with Crippen LogP contribution >= 0.6 is 11.6 Å². The fourth-order valence-electron chi connectivity index (χ4n) is 3.00. The average molecular weight is 324 g/mol. The van der Waals surface area contributed by atoms with Gasteiger partial charge in [0.15, 0.2) is 6.54 Å². The molecule has 0 aliphatic carbocycles. The molecule has 0 bridgehead atoms. The molecule has 22 heavy (non-hydrogen) atoms. The maximum Gasteiger partial charge on any atom is 0.279 e. The van der Waals surface area contributed by atoms with Crippen molar-refractivity contribution in [2.75, 3.05) is 44.6 Å². The maximum atomic E-state index is 12.3. The zero-order valence-electron chi connectivity index (χ0n) is 13.5. The van der Waals surface area contributed by atoms with Crippen molar-refractivity contribution in [2.24, 2.45) is 0 Å². The molecule has 120 valence electrons. The summed E-state index contributed by atoms with van der Waals surface area (Å²) in [6, 6.07) is 6.06. The van der Waals surface area contributed by atoms with Gasteiger partial charge in [-0.3, -0.25) is 4.79 Å². The molecule has 1 amide bonds. The Hall–Kier alpha value is -1.36. The number of hydrogen-bond donors (Lipinski definition) is 3. The van der Waals surface area contributed by atoms with E-state index in [4.69, 9.17) is 11.6 Å². The zero-order chi connectivity index (χ0) is 16.1. The number of piperazine rings is 1. The molecule has 4 nitrogen and oxygen atoms in total. The van der Waals surface area contributed by atoms with Crippen molar-refractivity contribution in [2.45, 2.75) is 13.8 Å². The van der Waals surface area contributed by atoms with Gasteiger partial charge in [-0.2, -0.15) is 0 Å². The van der Waals surface area contributed by atoms with Crippen LogP contribution in [-0.2, 0) is 4.79 Å². The highest BCUT2D eigenvalue weighted by molar-refractivity contribution is 6.29. The van der Waals surface area contributed by atoms with Crippen molar-refractivity contribution in [1.82, 2.24) is 0 Å². The van der Waals surface area contributed by atoms with Crippen LogP contribution in [0.4, 0.5) is 5.69 Å². The van der Waals surface area contributed by atoms with E-state index in [1.54, 1.807) is 0 Å². The highest BCUT2D eigenvalue weighted by Crippen LogP contribution is 2.18. The van der Waals surface area contributed by atoms with E-state index in [0.29, 0.717) is 11.6 Å². The van der Waals surface area contributed by atoms with Crippen LogP contribution in [0.25, 0.3) is 0 Å². The fourth-order valence-corrected chi connectivity index (χ4v) is 3.19. The minimum Gasteiger partial charge on any atom is -0.321 e. The summed E-state index contributed by atoms with van der Waals surface area (Å²) in [5.41, 5.74) is 3.17. The van der Waals surface area contributed by atoms with Gasteiger partial charge < -0.3 is 15.1 Å². The van der Waals surface area contributed by atoms with Gasteiger partial charge in [-0.25, -0.2) is 0 Å². The lowest BCUT2D eigenvalue weighted by molar-refractivity contribution is -1.01. The van der Waals surface area contributed by atoms with Gasteiger partial charge >= 0.3 is 0 Å². The van der Waals surface area contributed by atoms with Crippen LogP contribution in [0.3, 0.4) is 0 Å². The number of para-hydroxylation sites is 1. The highest BCUT2D eigenvalue weighted by Gasteiger charge is 2.25. The number of halogens is 1. The number of anilines is 1. The normalized spacial score (nSPS) is 21.4. The van der Waals surface area contributed by atoms with Crippen molar-refractivity contribution in [3.63, 3.8) is 0 Å². The largest absolute Gasteiger partial charge is 0.321 e. The summed E-state index contributed by atoms with van der Waals surface area (Å²) in [6.45, 7) is 13.2. The third-order valence-corrected chi connectivity index (χ3v) is 4.40. The second-order valence-electron chi connectivity index (χ2n) is 6.19. The summed E-state index contributed by atoms with van der Waals surface area (Å²) in [4.78, 5) is 15.1. The molecule has 1 aliphatic heterocycles. The molecule has 0 spiro atoms. The van der Waals surface area contributed by atoms with Gasteiger partial charge in [0.1, 0.15) is 32.7 Å². The van der Waals surface area contributed by atoms with E-state index >= 15 is 0 Å². The summed E-state index contributed by atoms with van der Waals surface area (Å²) < 4.78 is 0. The zero-order valence-corrected chi connectivity index (χ0v) is 14.2. The SMILES string of the molecule is C=C(Cl)C[NH+]1CC[NH+](CC(=O)Nc2c(C)cccc2C)CC1. The quantitative estimate of drug-likeness (QED) is 0.688. The lowest BCUT2D eigenvalue weighted by Gasteiger charge is -2.29. The molecule has 1 aromatic rings. The topological polar surface area (TPSA) is 38.0 Å². The van der Waals surface area contributed by atoms with Crippen LogP contribution in [0.15, 0.2) is 29.8 Å². The van der Waals surface area contributed by atoms with Crippen molar-refractivity contribution in [1.29, 1.82) is 0 Å². The monoisotopic (exact) mass is 323 g/mol. The fraction of sp³-hybridized carbons (Fsp3) is 0.471. The molecule has 0 aromatic heterocycles. The van der Waals surface area contributed by atoms with Crippen LogP contribution in [-0.4, -0.2) is 45.2 Å². The smallest absolute Gasteiger partial charge is 0.279 e. The van der Waals surface area contributed by atoms with Crippen LogP contribution in [0.1, 0.15) is 11.1 Å². The first-order chi connectivity index (χ1) is 10.5. The van der Waals surface area contributed by atoms with E-state index in [1.807, 2.05) is 32.0 Å². The lowest BCUT2D eigenvalue weighted by atomic mass is 10.1. The molecule has 0 saturated carbocycles. The molecular weight excluding hydrogens is 298 g/mol. The van der Waals surface area contributed by atoms with Gasteiger partial charge in [0.05, 0.1) is 5.03 Å². The average Bonchev–Trinajstić information content (AvgIpc) is 2.45. The number of carbonyl (C=O) groups is 1. The van der Waals surface area contributed by atoms with Crippen LogP contribution in [0, 0.1) is 13.8 Å². The molecule has 1 aromatic carbocycles. The molecule has 0 radical (unpaired) electrons. The van der Waals surface area contributed by atoms with Gasteiger partial charge in [0.2, 0.25) is 0 Å². The van der Waals surface area contributed by atoms with E-state index in [9.17, 15) is 4.79 Å². The second kappa shape index (κ2) is 7.77. The second-order valence-corrected chi connectivity index (χ2v) is 6.72. The standard InChI is InChI=1S/C17H24ClN3O/c1-13-5-4-6-14(2)17(13)19-16(22)12-21-9-7-20(8-10-21)11-15(3)18/h4-6H,3,7-12H2,1-2H3,(H,19,22)/p+2. The van der Waals surface area contributed by atoms with E-state index < -0.39 is 0 Å². The van der Waals surface area contributed by atoms with E-state index in [2.05, 4.69) is 11.9 Å². The molecule has 1 aliphatic rings. The molecule has 3 N–H and O–H groups in total. The Bertz CT molecular complexity index is 531. The Balaban J connectivity index is 1.82. The summed E-state index contributed by atoms with van der Waals surface area (Å²) in [5.74, 6) is 0.0950. The minimum atomic E-state index is 0.0950. The van der Waals surface area contributed by atoms with Gasteiger partial charge in [0.25, 0.3) is 5.91 Å². The minimum absolute atomic E-state index is 0.0950. The Morgan fingerprint density at radius 1 is 1.14 bits per heavy atom. The summed E-state index contributed by atoms with van der Waals surface area (Å²) in [6.07, 6.45) is 0. The number of amides is 1. The maximum absolute atomic E-state index is 12.3. The number of quaternary nitrogens is 2. The molecule has 0 unspecified atom stereocenters. The number of carbonyl (C=O) groups excluding carboxylic acids is 1. The van der Waals surface area contributed by atoms with Gasteiger partial charge in [0, 0.05) is 5.69 Å². The highest BCUT2D eigenvalue weighted by atomic mass is 35.5. The van der Waals surface area contributed by atoms with Gasteiger partial charge in [-0.05, 0) is 25.0 Å². The Morgan fingerprint density at radius 3 is 2.14 bits per heavy atom. The molecule has 1 heterocycles. The number of nitrogens with one attached hydrogen (secondary N) is 3. The van der Waals surface area contributed by atoms with Crippen molar-refractivity contribution in [3.8, 4) is 0 Å². The van der Waals surface area contributed by atoms with Gasteiger partial charge in [-0.1, -0.05) is 36.4 Å². The molecule has 1 fully saturated rings. The predicted molar refractivity (Wildman–Crippen MR) is 90.7 cm³/mol. The molecule has 0 atom stereocenters. The van der Waals surface area contributed by atoms with E-state index in [1.165, 1.54) is 9.80 Å². The lowest BCUT2D eigenvalue weighted by Crippen LogP contribution is -3.28. The third-order valence-electron chi connectivity index (χ3n) is 4.26. The molecule has 1 saturated heterocycles. The first-order valence-electron chi connectivity index (χ1n) is 7.82. The number of hydrogen-bond acceptors (Lipinski definition) is 1. The first-order valence-corrected chi connectivity index (χ1v) is 8.20. The molecule has 2 rings (SSSR count). The first kappa shape index (κ1) is 17.0. The van der Waals surface area contributed by atoms with Crippen LogP contribution < -0.4 is 15.1 Å². The summed E-state index contributed by atoms with van der Waals surface area (Å²) in [7, 11) is 0. The van der Waals surface area contributed by atoms with Crippen molar-refractivity contribution >= 4 is 23.2 Å². The summed E-state index contributed by atoms with van der Waals surface area (Å²) in [5, 5.41) is 3.78. The molecule has 5 heteroatoms. The molecular formula is C17H26ClN3O+2. The Morgan fingerprint density at radius 2 is 1.64 bits per heavy atom. The number of aryl methyl sites for hydroxylation is 2. The van der Waals surface area contributed by atoms with Crippen molar-refractivity contribution < 1.29 is 14.6 Å². The predicted octanol–water partition coefficient (Wildman–Crippen LogP) is -0.222. The third kappa shape index (κ3) is 4.83. The Kier molecular flexibility index (Phi) is 6.00. The van der Waals surface area contributed by atoms with Crippen LogP contribution in [0.2, 0.25) is 0 Å². The van der Waals surface area contributed by atoms with Crippen LogP contribution in [0.5, 0.6) is 0 Å². The van der Waals surface area contributed by atoms with E-state index in [-0.39, 0.29) is 5.91 Å². The number of rotatable bonds is 5. The van der Waals surface area contributed by atoms with Crippen molar-refractivity contribution in [3.05, 3.63) is 40.9 Å². The number of benzene rings is 1. The Labute approximate surface area is 137 Å². The van der Waals surface area contributed by atoms with Gasteiger partial charge in [-0.15, -0.1) is 0 Å². The van der Waals surface area contributed by atoms with E-state index in [0.717, 1.165) is 49.5 Å².